The van der Waals surface area contributed by atoms with Gasteiger partial charge in [0, 0.05) is 23.6 Å². The molecule has 3 rings (SSSR count). The highest BCUT2D eigenvalue weighted by Crippen LogP contribution is 2.29. The van der Waals surface area contributed by atoms with Crippen molar-refractivity contribution < 1.29 is 28.3 Å². The van der Waals surface area contributed by atoms with Crippen molar-refractivity contribution in [3.8, 4) is 17.2 Å². The lowest BCUT2D eigenvalue weighted by Crippen LogP contribution is -2.18. The van der Waals surface area contributed by atoms with Gasteiger partial charge in [-0.1, -0.05) is 6.07 Å². The Morgan fingerprint density at radius 3 is 2.70 bits per heavy atom. The molecule has 30 heavy (non-hydrogen) atoms. The lowest BCUT2D eigenvalue weighted by atomic mass is 10.1. The molecule has 0 saturated heterocycles. The monoisotopic (exact) mass is 411 g/mol. The zero-order chi connectivity index (χ0) is 21.7. The van der Waals surface area contributed by atoms with Gasteiger partial charge < -0.3 is 18.6 Å². The molecule has 0 aliphatic carbocycles. The maximum absolute atomic E-state index is 12.1. The van der Waals surface area contributed by atoms with Gasteiger partial charge in [-0.2, -0.15) is 0 Å². The summed E-state index contributed by atoms with van der Waals surface area (Å²) in [4.78, 5) is 33.5. The lowest BCUT2D eigenvalue weighted by Gasteiger charge is -2.11. The van der Waals surface area contributed by atoms with E-state index in [4.69, 9.17) is 18.6 Å². The molecule has 1 heterocycles. The van der Waals surface area contributed by atoms with E-state index in [-0.39, 0.29) is 11.5 Å². The minimum atomic E-state index is -0.687. The molecule has 0 spiro atoms. The number of carbonyl (C=O) groups is 1. The number of hydrogen-bond donors (Lipinski definition) is 0. The van der Waals surface area contributed by atoms with Crippen LogP contribution in [0.1, 0.15) is 11.1 Å². The SMILES string of the molecule is COc1cc(/C=C/[N+](=O)[O-])ccc1OC(=O)COc1ccc2c(C)cc(=O)oc2c1. The standard InChI is InChI=1S/C21H17NO8/c1-13-9-20(23)30-18-11-15(4-5-16(13)18)28-12-21(24)29-17-6-3-14(7-8-22(25)26)10-19(17)27-2/h3-11H,12H2,1-2H3/b8-7+. The van der Waals surface area contributed by atoms with Gasteiger partial charge in [0.1, 0.15) is 11.3 Å². The number of methoxy groups -OCH3 is 1. The largest absolute Gasteiger partial charge is 0.493 e. The summed E-state index contributed by atoms with van der Waals surface area (Å²) in [6.45, 7) is 1.40. The number of fused-ring (bicyclic) bond motifs is 1. The maximum Gasteiger partial charge on any atom is 0.349 e. The molecule has 0 amide bonds. The van der Waals surface area contributed by atoms with E-state index in [1.807, 2.05) is 0 Å². The Hall–Kier alpha value is -4.14. The molecule has 0 atom stereocenters. The van der Waals surface area contributed by atoms with Crippen LogP contribution in [0.5, 0.6) is 17.2 Å². The molecule has 154 valence electrons. The molecule has 0 radical (unpaired) electrons. The highest BCUT2D eigenvalue weighted by molar-refractivity contribution is 5.81. The summed E-state index contributed by atoms with van der Waals surface area (Å²) in [6.07, 6.45) is 2.08. The zero-order valence-electron chi connectivity index (χ0n) is 16.1. The molecule has 0 aliphatic heterocycles. The molecule has 2 aromatic carbocycles. The minimum absolute atomic E-state index is 0.143. The predicted molar refractivity (Wildman–Crippen MR) is 107 cm³/mol. The molecule has 0 fully saturated rings. The summed E-state index contributed by atoms with van der Waals surface area (Å²) in [6, 6.07) is 10.8. The zero-order valence-corrected chi connectivity index (χ0v) is 16.1. The third kappa shape index (κ3) is 5.02. The number of hydrogen-bond acceptors (Lipinski definition) is 8. The summed E-state index contributed by atoms with van der Waals surface area (Å²) in [5.74, 6) is 0.0226. The van der Waals surface area contributed by atoms with Gasteiger partial charge in [0.05, 0.1) is 12.0 Å². The van der Waals surface area contributed by atoms with Crippen molar-refractivity contribution in [1.82, 2.24) is 0 Å². The molecular formula is C21H17NO8. The molecule has 3 aromatic rings. The van der Waals surface area contributed by atoms with Crippen molar-refractivity contribution in [2.45, 2.75) is 6.92 Å². The smallest absolute Gasteiger partial charge is 0.349 e. The Kier molecular flexibility index (Phi) is 6.11. The predicted octanol–water partition coefficient (Wildman–Crippen LogP) is 3.34. The van der Waals surface area contributed by atoms with Crippen molar-refractivity contribution in [2.24, 2.45) is 0 Å². The van der Waals surface area contributed by atoms with E-state index < -0.39 is 23.1 Å². The number of benzene rings is 2. The summed E-state index contributed by atoms with van der Waals surface area (Å²) >= 11 is 0. The van der Waals surface area contributed by atoms with Crippen molar-refractivity contribution >= 4 is 23.0 Å². The molecule has 9 heteroatoms. The number of nitrogens with zero attached hydrogens (tertiary/aromatic N) is 1. The molecule has 0 unspecified atom stereocenters. The summed E-state index contributed by atoms with van der Waals surface area (Å²) in [5, 5.41) is 11.2. The summed E-state index contributed by atoms with van der Waals surface area (Å²) in [5.41, 5.74) is 1.16. The van der Waals surface area contributed by atoms with Crippen molar-refractivity contribution in [1.29, 1.82) is 0 Å². The van der Waals surface area contributed by atoms with Gasteiger partial charge in [-0.05, 0) is 42.3 Å². The second-order valence-corrected chi connectivity index (χ2v) is 6.18. The summed E-state index contributed by atoms with van der Waals surface area (Å²) in [7, 11) is 1.38. The highest BCUT2D eigenvalue weighted by atomic mass is 16.6. The number of rotatable bonds is 7. The lowest BCUT2D eigenvalue weighted by molar-refractivity contribution is -0.400. The van der Waals surface area contributed by atoms with Crippen molar-refractivity contribution in [3.05, 3.63) is 80.3 Å². The first-order chi connectivity index (χ1) is 14.4. The Morgan fingerprint density at radius 2 is 1.97 bits per heavy atom. The van der Waals surface area contributed by atoms with Crippen LogP contribution in [0, 0.1) is 17.0 Å². The van der Waals surface area contributed by atoms with E-state index in [0.717, 1.165) is 17.1 Å². The normalized spacial score (nSPS) is 10.9. The molecule has 0 aliphatic rings. The highest BCUT2D eigenvalue weighted by Gasteiger charge is 2.12. The minimum Gasteiger partial charge on any atom is -0.493 e. The first-order valence-corrected chi connectivity index (χ1v) is 8.73. The Morgan fingerprint density at radius 1 is 1.17 bits per heavy atom. The fourth-order valence-corrected chi connectivity index (χ4v) is 2.71. The van der Waals surface area contributed by atoms with E-state index in [2.05, 4.69) is 0 Å². The number of ether oxygens (including phenoxy) is 3. The Bertz CT molecular complexity index is 1200. The fraction of sp³-hybridized carbons (Fsp3) is 0.143. The molecule has 0 N–H and O–H groups in total. The first kappa shape index (κ1) is 20.6. The van der Waals surface area contributed by atoms with E-state index >= 15 is 0 Å². The second-order valence-electron chi connectivity index (χ2n) is 6.18. The Labute approximate surface area is 170 Å². The second kappa shape index (κ2) is 8.91. The topological polar surface area (TPSA) is 118 Å². The Balaban J connectivity index is 1.68. The average molecular weight is 411 g/mol. The van der Waals surface area contributed by atoms with Gasteiger partial charge >= 0.3 is 11.6 Å². The number of carbonyl (C=O) groups excluding carboxylic acids is 1. The van der Waals surface area contributed by atoms with Crippen LogP contribution in [0.4, 0.5) is 0 Å². The van der Waals surface area contributed by atoms with Gasteiger partial charge in [0.15, 0.2) is 18.1 Å². The van der Waals surface area contributed by atoms with Crippen LogP contribution >= 0.6 is 0 Å². The van der Waals surface area contributed by atoms with Crippen LogP contribution < -0.4 is 19.8 Å². The first-order valence-electron chi connectivity index (χ1n) is 8.73. The van der Waals surface area contributed by atoms with Crippen LogP contribution in [0.25, 0.3) is 17.0 Å². The van der Waals surface area contributed by atoms with Crippen LogP contribution in [-0.2, 0) is 4.79 Å². The van der Waals surface area contributed by atoms with Gasteiger partial charge in [-0.25, -0.2) is 9.59 Å². The number of aryl methyl sites for hydroxylation is 1. The number of esters is 1. The number of nitro groups is 1. The molecular weight excluding hydrogens is 394 g/mol. The van der Waals surface area contributed by atoms with Crippen molar-refractivity contribution in [3.63, 3.8) is 0 Å². The fourth-order valence-electron chi connectivity index (χ4n) is 2.71. The van der Waals surface area contributed by atoms with Crippen LogP contribution in [0.15, 0.2) is 57.9 Å². The third-order valence-corrected chi connectivity index (χ3v) is 4.08. The molecule has 0 saturated carbocycles. The third-order valence-electron chi connectivity index (χ3n) is 4.08. The molecule has 1 aromatic heterocycles. The van der Waals surface area contributed by atoms with E-state index in [9.17, 15) is 19.7 Å². The van der Waals surface area contributed by atoms with Gasteiger partial charge in [0.25, 0.3) is 0 Å². The maximum atomic E-state index is 12.1. The van der Waals surface area contributed by atoms with Gasteiger partial charge in [-0.15, -0.1) is 0 Å². The quantitative estimate of drug-likeness (QED) is 0.191. The van der Waals surface area contributed by atoms with E-state index in [1.54, 1.807) is 25.1 Å². The van der Waals surface area contributed by atoms with E-state index in [0.29, 0.717) is 16.9 Å². The van der Waals surface area contributed by atoms with Gasteiger partial charge in [-0.3, -0.25) is 10.1 Å². The van der Waals surface area contributed by atoms with Crippen LogP contribution in [-0.4, -0.2) is 24.6 Å². The van der Waals surface area contributed by atoms with Crippen molar-refractivity contribution in [2.75, 3.05) is 13.7 Å². The van der Waals surface area contributed by atoms with E-state index in [1.165, 1.54) is 37.5 Å². The molecule has 9 nitrogen and oxygen atoms in total. The molecule has 0 bridgehead atoms. The van der Waals surface area contributed by atoms with Crippen LogP contribution in [0.3, 0.4) is 0 Å². The average Bonchev–Trinajstić information content (AvgIpc) is 2.71. The van der Waals surface area contributed by atoms with Crippen LogP contribution in [0.2, 0.25) is 0 Å². The summed E-state index contributed by atoms with van der Waals surface area (Å²) < 4.78 is 21.0. The van der Waals surface area contributed by atoms with Gasteiger partial charge in [0.2, 0.25) is 6.20 Å².